The zero-order valence-electron chi connectivity index (χ0n) is 14.4. The van der Waals surface area contributed by atoms with Gasteiger partial charge in [-0.1, -0.05) is 34.8 Å². The Bertz CT molecular complexity index is 951. The Morgan fingerprint density at radius 2 is 1.81 bits per heavy atom. The maximum atomic E-state index is 12.5. The Morgan fingerprint density at radius 3 is 2.41 bits per heavy atom. The molecule has 1 amide bonds. The molecule has 27 heavy (non-hydrogen) atoms. The SMILES string of the molecule is CCOc1ccc(S(=O)(=O)N[C@H](C)C(=O)Nc2ccc(Cl)cc2Cl)cc1Cl. The highest BCUT2D eigenvalue weighted by atomic mass is 35.5. The Labute approximate surface area is 172 Å². The minimum Gasteiger partial charge on any atom is -0.492 e. The number of ether oxygens (including phenoxy) is 1. The lowest BCUT2D eigenvalue weighted by molar-refractivity contribution is -0.117. The summed E-state index contributed by atoms with van der Waals surface area (Å²) in [6, 6.07) is 7.55. The topological polar surface area (TPSA) is 84.5 Å². The average Bonchev–Trinajstić information content (AvgIpc) is 2.58. The third kappa shape index (κ3) is 5.73. The van der Waals surface area contributed by atoms with Crippen molar-refractivity contribution in [3.05, 3.63) is 51.5 Å². The molecule has 2 rings (SSSR count). The second kappa shape index (κ2) is 9.12. The van der Waals surface area contributed by atoms with Crippen LogP contribution in [0, 0.1) is 0 Å². The molecular weight excluding hydrogens is 435 g/mol. The lowest BCUT2D eigenvalue weighted by Crippen LogP contribution is -2.41. The predicted molar refractivity (Wildman–Crippen MR) is 107 cm³/mol. The van der Waals surface area contributed by atoms with Crippen LogP contribution in [0.4, 0.5) is 5.69 Å². The summed E-state index contributed by atoms with van der Waals surface area (Å²) in [5.41, 5.74) is 0.321. The molecule has 0 heterocycles. The minimum absolute atomic E-state index is 0.0832. The van der Waals surface area contributed by atoms with E-state index >= 15 is 0 Å². The molecule has 10 heteroatoms. The lowest BCUT2D eigenvalue weighted by atomic mass is 10.3. The smallest absolute Gasteiger partial charge is 0.242 e. The molecule has 2 aromatic carbocycles. The fourth-order valence-corrected chi connectivity index (χ4v) is 4.09. The molecule has 0 radical (unpaired) electrons. The number of sulfonamides is 1. The first-order valence-electron chi connectivity index (χ1n) is 7.84. The van der Waals surface area contributed by atoms with E-state index in [2.05, 4.69) is 10.0 Å². The minimum atomic E-state index is -3.97. The number of anilines is 1. The van der Waals surface area contributed by atoms with E-state index in [0.29, 0.717) is 23.1 Å². The Hall–Kier alpha value is -1.51. The van der Waals surface area contributed by atoms with Crippen LogP contribution in [0.2, 0.25) is 15.1 Å². The molecule has 0 spiro atoms. The summed E-state index contributed by atoms with van der Waals surface area (Å²) in [4.78, 5) is 12.2. The van der Waals surface area contributed by atoms with Gasteiger partial charge in [0.1, 0.15) is 5.75 Å². The molecule has 0 aliphatic carbocycles. The summed E-state index contributed by atoms with van der Waals surface area (Å²) in [6.45, 7) is 3.59. The van der Waals surface area contributed by atoms with Crippen molar-refractivity contribution in [2.24, 2.45) is 0 Å². The van der Waals surface area contributed by atoms with E-state index in [1.165, 1.54) is 37.3 Å². The molecule has 0 unspecified atom stereocenters. The van der Waals surface area contributed by atoms with Crippen LogP contribution in [0.15, 0.2) is 41.3 Å². The largest absolute Gasteiger partial charge is 0.492 e. The van der Waals surface area contributed by atoms with Crippen LogP contribution in [0.3, 0.4) is 0 Å². The zero-order valence-corrected chi connectivity index (χ0v) is 17.5. The van der Waals surface area contributed by atoms with Crippen molar-refractivity contribution in [1.82, 2.24) is 4.72 Å². The van der Waals surface area contributed by atoms with Crippen molar-refractivity contribution in [2.75, 3.05) is 11.9 Å². The summed E-state index contributed by atoms with van der Waals surface area (Å²) < 4.78 is 32.6. The molecule has 0 saturated carbocycles. The summed E-state index contributed by atoms with van der Waals surface area (Å²) in [7, 11) is -3.97. The normalized spacial score (nSPS) is 12.5. The highest BCUT2D eigenvalue weighted by Crippen LogP contribution is 2.28. The molecule has 2 aromatic rings. The van der Waals surface area contributed by atoms with E-state index in [0.717, 1.165) is 0 Å². The monoisotopic (exact) mass is 450 g/mol. The van der Waals surface area contributed by atoms with Gasteiger partial charge in [-0.05, 0) is 50.2 Å². The molecule has 0 bridgehead atoms. The van der Waals surface area contributed by atoms with Gasteiger partial charge in [0.15, 0.2) is 0 Å². The van der Waals surface area contributed by atoms with Crippen LogP contribution in [0.25, 0.3) is 0 Å². The van der Waals surface area contributed by atoms with E-state index in [1.807, 2.05) is 0 Å². The van der Waals surface area contributed by atoms with E-state index in [4.69, 9.17) is 39.5 Å². The number of nitrogens with one attached hydrogen (secondary N) is 2. The summed E-state index contributed by atoms with van der Waals surface area (Å²) >= 11 is 17.8. The van der Waals surface area contributed by atoms with E-state index in [-0.39, 0.29) is 14.9 Å². The van der Waals surface area contributed by atoms with E-state index in [9.17, 15) is 13.2 Å². The number of amides is 1. The summed E-state index contributed by atoms with van der Waals surface area (Å²) in [5.74, 6) is -0.207. The Kier molecular flexibility index (Phi) is 7.36. The van der Waals surface area contributed by atoms with Gasteiger partial charge in [0.25, 0.3) is 0 Å². The fourth-order valence-electron chi connectivity index (χ4n) is 2.11. The number of rotatable bonds is 7. The highest BCUT2D eigenvalue weighted by molar-refractivity contribution is 7.89. The zero-order chi connectivity index (χ0) is 20.2. The van der Waals surface area contributed by atoms with Crippen molar-refractivity contribution < 1.29 is 17.9 Å². The van der Waals surface area contributed by atoms with Crippen LogP contribution in [-0.4, -0.2) is 27.0 Å². The number of carbonyl (C=O) groups is 1. The summed E-state index contributed by atoms with van der Waals surface area (Å²) in [5, 5.41) is 3.36. The van der Waals surface area contributed by atoms with Gasteiger partial charge in [-0.2, -0.15) is 4.72 Å². The van der Waals surface area contributed by atoms with Gasteiger partial charge in [0.05, 0.1) is 33.3 Å². The fraction of sp³-hybridized carbons (Fsp3) is 0.235. The lowest BCUT2D eigenvalue weighted by Gasteiger charge is -2.16. The highest BCUT2D eigenvalue weighted by Gasteiger charge is 2.23. The van der Waals surface area contributed by atoms with E-state index in [1.54, 1.807) is 13.0 Å². The van der Waals surface area contributed by atoms with Crippen LogP contribution in [0.5, 0.6) is 5.75 Å². The molecular formula is C17H17Cl3N2O4S. The van der Waals surface area contributed by atoms with Crippen LogP contribution < -0.4 is 14.8 Å². The second-order valence-electron chi connectivity index (χ2n) is 5.48. The van der Waals surface area contributed by atoms with Crippen LogP contribution >= 0.6 is 34.8 Å². The van der Waals surface area contributed by atoms with Gasteiger partial charge in [-0.25, -0.2) is 8.42 Å². The number of carbonyl (C=O) groups excluding carboxylic acids is 1. The van der Waals surface area contributed by atoms with Gasteiger partial charge in [0, 0.05) is 5.02 Å². The van der Waals surface area contributed by atoms with Crippen LogP contribution in [0.1, 0.15) is 13.8 Å². The molecule has 6 nitrogen and oxygen atoms in total. The molecule has 1 atom stereocenters. The standard InChI is InChI=1S/C17H17Cl3N2O4S/c1-3-26-16-7-5-12(9-14(16)20)27(24,25)22-10(2)17(23)21-15-6-4-11(18)8-13(15)19/h4-10,22H,3H2,1-2H3,(H,21,23)/t10-/m1/s1. The van der Waals surface area contributed by atoms with Crippen molar-refractivity contribution in [1.29, 1.82) is 0 Å². The van der Waals surface area contributed by atoms with Crippen molar-refractivity contribution in [3.63, 3.8) is 0 Å². The quantitative estimate of drug-likeness (QED) is 0.655. The third-order valence-electron chi connectivity index (χ3n) is 3.43. The molecule has 2 N–H and O–H groups in total. The number of halogens is 3. The van der Waals surface area contributed by atoms with Gasteiger partial charge < -0.3 is 10.1 Å². The first-order chi connectivity index (χ1) is 12.6. The number of hydrogen-bond acceptors (Lipinski definition) is 4. The molecule has 0 aliphatic heterocycles. The van der Waals surface area contributed by atoms with Crippen molar-refractivity contribution >= 4 is 56.4 Å². The Morgan fingerprint density at radius 1 is 1.11 bits per heavy atom. The van der Waals surface area contributed by atoms with Gasteiger partial charge in [-0.3, -0.25) is 4.79 Å². The molecule has 0 aromatic heterocycles. The number of benzene rings is 2. The van der Waals surface area contributed by atoms with E-state index < -0.39 is 22.0 Å². The Balaban J connectivity index is 2.12. The summed E-state index contributed by atoms with van der Waals surface area (Å²) in [6.07, 6.45) is 0. The van der Waals surface area contributed by atoms with Crippen LogP contribution in [-0.2, 0) is 14.8 Å². The molecule has 0 saturated heterocycles. The van der Waals surface area contributed by atoms with Gasteiger partial charge >= 0.3 is 0 Å². The number of hydrogen-bond donors (Lipinski definition) is 2. The van der Waals surface area contributed by atoms with Crippen molar-refractivity contribution in [2.45, 2.75) is 24.8 Å². The second-order valence-corrected chi connectivity index (χ2v) is 8.45. The first kappa shape index (κ1) is 21.8. The molecule has 0 aliphatic rings. The maximum absolute atomic E-state index is 12.5. The predicted octanol–water partition coefficient (Wildman–Crippen LogP) is 4.35. The molecule has 0 fully saturated rings. The first-order valence-corrected chi connectivity index (χ1v) is 10.5. The molecule has 146 valence electrons. The van der Waals surface area contributed by atoms with Gasteiger partial charge in [0.2, 0.25) is 15.9 Å². The third-order valence-corrected chi connectivity index (χ3v) is 5.81. The average molecular weight is 452 g/mol. The van der Waals surface area contributed by atoms with Crippen molar-refractivity contribution in [3.8, 4) is 5.75 Å². The maximum Gasteiger partial charge on any atom is 0.242 e. The van der Waals surface area contributed by atoms with Gasteiger partial charge in [-0.15, -0.1) is 0 Å².